The van der Waals surface area contributed by atoms with Gasteiger partial charge in [0.2, 0.25) is 11.8 Å². The Bertz CT molecular complexity index is 1440. The van der Waals surface area contributed by atoms with Crippen LogP contribution in [-0.4, -0.2) is 103 Å². The molecule has 2 saturated heterocycles. The number of carbonyl (C=O) groups is 2. The van der Waals surface area contributed by atoms with Gasteiger partial charge in [-0.1, -0.05) is 60.7 Å². The molecule has 0 N–H and O–H groups in total. The molecule has 9 nitrogen and oxygen atoms in total. The number of likely N-dealkylation sites (tertiary alicyclic amines) is 1. The van der Waals surface area contributed by atoms with E-state index in [2.05, 4.69) is 70.5 Å². The minimum atomic E-state index is -0.00607. The molecule has 0 radical (unpaired) electrons. The van der Waals surface area contributed by atoms with E-state index in [-0.39, 0.29) is 23.9 Å². The van der Waals surface area contributed by atoms with Crippen LogP contribution in [0.4, 0.5) is 0 Å². The predicted octanol–water partition coefficient (Wildman–Crippen LogP) is 4.43. The molecule has 3 aliphatic heterocycles. The third-order valence-electron chi connectivity index (χ3n) is 9.30. The highest BCUT2D eigenvalue weighted by molar-refractivity contribution is 6.04. The number of hydrogen-bond donors (Lipinski definition) is 0. The van der Waals surface area contributed by atoms with Crippen molar-refractivity contribution in [1.29, 1.82) is 0 Å². The van der Waals surface area contributed by atoms with E-state index in [0.717, 1.165) is 50.3 Å². The van der Waals surface area contributed by atoms with E-state index in [1.165, 1.54) is 11.1 Å². The summed E-state index contributed by atoms with van der Waals surface area (Å²) in [5.41, 5.74) is 4.39. The van der Waals surface area contributed by atoms with Gasteiger partial charge < -0.3 is 14.4 Å². The van der Waals surface area contributed by atoms with Gasteiger partial charge in [0.15, 0.2) is 11.5 Å². The smallest absolute Gasteiger partial charge is 0.243 e. The van der Waals surface area contributed by atoms with E-state index in [1.54, 1.807) is 19.2 Å². The Morgan fingerprint density at radius 2 is 1.42 bits per heavy atom. The van der Waals surface area contributed by atoms with Crippen molar-refractivity contribution in [2.45, 2.75) is 37.8 Å². The monoisotopic (exact) mass is 609 g/mol. The summed E-state index contributed by atoms with van der Waals surface area (Å²) in [5, 5.41) is 6.48. The zero-order valence-electron chi connectivity index (χ0n) is 26.3. The summed E-state index contributed by atoms with van der Waals surface area (Å²) in [6, 6.07) is 27.3. The Hall–Kier alpha value is -4.21. The number of hydrazone groups is 1. The zero-order chi connectivity index (χ0) is 31.2. The van der Waals surface area contributed by atoms with Gasteiger partial charge in [0.1, 0.15) is 0 Å². The molecule has 0 unspecified atom stereocenters. The number of ether oxygens (including phenoxy) is 2. The SMILES string of the molecule is COc1ccc(C2=NN(C3CCN(C(=O)CN4CCN(C(c5ccccc5)c5ccccc5)CC4)CC3)C(=O)CC2)cc1OC. The zero-order valence-corrected chi connectivity index (χ0v) is 26.3. The Balaban J connectivity index is 1.02. The van der Waals surface area contributed by atoms with Crippen LogP contribution in [-0.2, 0) is 9.59 Å². The lowest BCUT2D eigenvalue weighted by atomic mass is 9.96. The fraction of sp³-hybridized carbons (Fsp3) is 0.417. The van der Waals surface area contributed by atoms with Crippen molar-refractivity contribution in [3.8, 4) is 11.5 Å². The van der Waals surface area contributed by atoms with Crippen LogP contribution in [0, 0.1) is 0 Å². The highest BCUT2D eigenvalue weighted by atomic mass is 16.5. The molecule has 0 atom stereocenters. The van der Waals surface area contributed by atoms with Gasteiger partial charge in [-0.15, -0.1) is 0 Å². The lowest BCUT2D eigenvalue weighted by molar-refractivity contribution is -0.138. The third-order valence-corrected chi connectivity index (χ3v) is 9.30. The normalized spacial score (nSPS) is 18.6. The Labute approximate surface area is 266 Å². The maximum absolute atomic E-state index is 13.4. The highest BCUT2D eigenvalue weighted by Gasteiger charge is 2.33. The molecule has 0 bridgehead atoms. The van der Waals surface area contributed by atoms with Gasteiger partial charge in [-0.3, -0.25) is 19.4 Å². The first-order chi connectivity index (χ1) is 22.0. The molecule has 0 spiro atoms. The molecular formula is C36H43N5O4. The summed E-state index contributed by atoms with van der Waals surface area (Å²) in [7, 11) is 3.23. The molecule has 6 rings (SSSR count). The molecule has 3 aliphatic rings. The second-order valence-electron chi connectivity index (χ2n) is 12.0. The van der Waals surface area contributed by atoms with Crippen molar-refractivity contribution in [1.82, 2.24) is 19.7 Å². The maximum atomic E-state index is 13.4. The largest absolute Gasteiger partial charge is 0.493 e. The molecule has 0 saturated carbocycles. The number of amides is 2. The maximum Gasteiger partial charge on any atom is 0.243 e. The lowest BCUT2D eigenvalue weighted by Crippen LogP contribution is -2.53. The number of carbonyl (C=O) groups excluding carboxylic acids is 2. The second-order valence-corrected chi connectivity index (χ2v) is 12.0. The molecule has 3 heterocycles. The van der Waals surface area contributed by atoms with E-state index in [1.807, 2.05) is 23.1 Å². The first-order valence-electron chi connectivity index (χ1n) is 16.0. The quantitative estimate of drug-likeness (QED) is 0.358. The molecule has 2 fully saturated rings. The van der Waals surface area contributed by atoms with Crippen molar-refractivity contribution in [2.75, 3.05) is 60.0 Å². The average molecular weight is 610 g/mol. The number of benzene rings is 3. The predicted molar refractivity (Wildman–Crippen MR) is 175 cm³/mol. The molecular weight excluding hydrogens is 566 g/mol. The van der Waals surface area contributed by atoms with Gasteiger partial charge in [-0.25, -0.2) is 5.01 Å². The molecule has 3 aromatic rings. The van der Waals surface area contributed by atoms with Gasteiger partial charge in [-0.2, -0.15) is 5.10 Å². The van der Waals surface area contributed by atoms with Crippen molar-refractivity contribution < 1.29 is 19.1 Å². The van der Waals surface area contributed by atoms with Gasteiger partial charge in [0.25, 0.3) is 0 Å². The van der Waals surface area contributed by atoms with Gasteiger partial charge in [0, 0.05) is 57.7 Å². The summed E-state index contributed by atoms with van der Waals surface area (Å²) in [5.74, 6) is 1.52. The van der Waals surface area contributed by atoms with Gasteiger partial charge in [-0.05, 0) is 42.2 Å². The van der Waals surface area contributed by atoms with E-state index >= 15 is 0 Å². The molecule has 0 aliphatic carbocycles. The van der Waals surface area contributed by atoms with Crippen molar-refractivity contribution in [2.24, 2.45) is 5.10 Å². The Kier molecular flexibility index (Phi) is 9.76. The van der Waals surface area contributed by atoms with E-state index in [9.17, 15) is 9.59 Å². The first kappa shape index (κ1) is 30.8. The molecule has 236 valence electrons. The number of methoxy groups -OCH3 is 2. The molecule has 0 aromatic heterocycles. The van der Waals surface area contributed by atoms with Crippen molar-refractivity contribution in [3.05, 3.63) is 95.6 Å². The lowest BCUT2D eigenvalue weighted by Gasteiger charge is -2.41. The summed E-state index contributed by atoms with van der Waals surface area (Å²) >= 11 is 0. The highest BCUT2D eigenvalue weighted by Crippen LogP contribution is 2.31. The summed E-state index contributed by atoms with van der Waals surface area (Å²) in [4.78, 5) is 33.1. The fourth-order valence-electron chi connectivity index (χ4n) is 6.79. The summed E-state index contributed by atoms with van der Waals surface area (Å²) in [6.07, 6.45) is 2.47. The van der Waals surface area contributed by atoms with E-state index in [4.69, 9.17) is 14.6 Å². The Morgan fingerprint density at radius 1 is 0.800 bits per heavy atom. The van der Waals surface area contributed by atoms with Crippen LogP contribution in [0.2, 0.25) is 0 Å². The number of piperidine rings is 1. The van der Waals surface area contributed by atoms with Crippen LogP contribution < -0.4 is 9.47 Å². The minimum Gasteiger partial charge on any atom is -0.493 e. The molecule has 45 heavy (non-hydrogen) atoms. The number of piperazine rings is 1. The van der Waals surface area contributed by atoms with Crippen LogP contribution in [0.15, 0.2) is 84.0 Å². The molecule has 3 aromatic carbocycles. The average Bonchev–Trinajstić information content (AvgIpc) is 3.10. The van der Waals surface area contributed by atoms with Gasteiger partial charge in [0.05, 0.1) is 38.6 Å². The number of hydrogen-bond acceptors (Lipinski definition) is 7. The van der Waals surface area contributed by atoms with Crippen LogP contribution in [0.3, 0.4) is 0 Å². The number of nitrogens with zero attached hydrogens (tertiary/aromatic N) is 5. The second kappa shape index (κ2) is 14.3. The van der Waals surface area contributed by atoms with Crippen LogP contribution in [0.1, 0.15) is 48.4 Å². The summed E-state index contributed by atoms with van der Waals surface area (Å²) < 4.78 is 10.8. The van der Waals surface area contributed by atoms with Gasteiger partial charge >= 0.3 is 0 Å². The van der Waals surface area contributed by atoms with Crippen LogP contribution in [0.25, 0.3) is 0 Å². The first-order valence-corrected chi connectivity index (χ1v) is 16.0. The Morgan fingerprint density at radius 3 is 2.02 bits per heavy atom. The topological polar surface area (TPSA) is 77.9 Å². The standard InChI is InChI=1S/C36H43N5O4/c1-44-32-15-13-29(25-33(32)45-2)31-14-16-34(42)41(37-31)30-17-19-39(20-18-30)35(43)26-38-21-23-40(24-22-38)36(27-9-5-3-6-10-27)28-11-7-4-8-12-28/h3-13,15,25,30,36H,14,16-24,26H2,1-2H3. The molecule has 9 heteroatoms. The van der Waals surface area contributed by atoms with E-state index in [0.29, 0.717) is 44.0 Å². The number of rotatable bonds is 9. The van der Waals surface area contributed by atoms with Crippen LogP contribution >= 0.6 is 0 Å². The van der Waals surface area contributed by atoms with Crippen molar-refractivity contribution in [3.63, 3.8) is 0 Å². The van der Waals surface area contributed by atoms with Crippen LogP contribution in [0.5, 0.6) is 11.5 Å². The summed E-state index contributed by atoms with van der Waals surface area (Å²) in [6.45, 7) is 5.23. The minimum absolute atomic E-state index is 0.00607. The van der Waals surface area contributed by atoms with Crippen molar-refractivity contribution >= 4 is 17.5 Å². The third kappa shape index (κ3) is 7.05. The van der Waals surface area contributed by atoms with E-state index < -0.39 is 0 Å². The fourth-order valence-corrected chi connectivity index (χ4v) is 6.79. The molecule has 2 amide bonds.